The monoisotopic (exact) mass is 362 g/mol. The molecule has 2 aromatic rings. The van der Waals surface area contributed by atoms with E-state index >= 15 is 0 Å². The summed E-state index contributed by atoms with van der Waals surface area (Å²) < 4.78 is 14.3. The Kier molecular flexibility index (Phi) is 4.59. The molecule has 2 heterocycles. The molecule has 22 heavy (non-hydrogen) atoms. The van der Waals surface area contributed by atoms with Gasteiger partial charge in [-0.1, -0.05) is 35.0 Å². The summed E-state index contributed by atoms with van der Waals surface area (Å²) in [6.45, 7) is 0.364. The van der Waals surface area contributed by atoms with E-state index in [1.54, 1.807) is 6.26 Å². The van der Waals surface area contributed by atoms with E-state index in [1.807, 2.05) is 4.90 Å². The zero-order valence-corrected chi connectivity index (χ0v) is 14.0. The molecule has 0 radical (unpaired) electrons. The standard InChI is InChI=1S/C13H13Cl2FN4OS/c1-22-13-17-9-7(10(14)18-11(15)8(9)16)12(19-13)20(4-5-21)6-2-3-6/h6,21H,2-5H2,1H3. The number of rotatable bonds is 5. The summed E-state index contributed by atoms with van der Waals surface area (Å²) in [5.74, 6) is -0.210. The minimum Gasteiger partial charge on any atom is -0.395 e. The van der Waals surface area contributed by atoms with Crippen molar-refractivity contribution in [3.05, 3.63) is 16.1 Å². The highest BCUT2D eigenvalue weighted by atomic mass is 35.5. The molecular formula is C13H13Cl2FN4OS. The van der Waals surface area contributed by atoms with Gasteiger partial charge in [-0.05, 0) is 19.1 Å². The van der Waals surface area contributed by atoms with Crippen LogP contribution in [-0.4, -0.2) is 45.5 Å². The summed E-state index contributed by atoms with van der Waals surface area (Å²) >= 11 is 13.2. The number of aromatic nitrogens is 3. The van der Waals surface area contributed by atoms with Crippen molar-refractivity contribution < 1.29 is 9.50 Å². The summed E-state index contributed by atoms with van der Waals surface area (Å²) in [5.41, 5.74) is 0.0583. The van der Waals surface area contributed by atoms with Gasteiger partial charge in [-0.25, -0.2) is 19.3 Å². The number of anilines is 1. The molecule has 1 saturated carbocycles. The molecule has 0 saturated heterocycles. The van der Waals surface area contributed by atoms with Crippen molar-refractivity contribution in [2.45, 2.75) is 24.0 Å². The minimum atomic E-state index is -0.709. The van der Waals surface area contributed by atoms with Gasteiger partial charge in [-0.15, -0.1) is 0 Å². The van der Waals surface area contributed by atoms with Crippen LogP contribution in [-0.2, 0) is 0 Å². The number of pyridine rings is 1. The maximum Gasteiger partial charge on any atom is 0.189 e. The highest BCUT2D eigenvalue weighted by Gasteiger charge is 2.32. The van der Waals surface area contributed by atoms with Gasteiger partial charge in [0.1, 0.15) is 16.5 Å². The fourth-order valence-corrected chi connectivity index (χ4v) is 3.16. The second-order valence-electron chi connectivity index (χ2n) is 4.91. The smallest absolute Gasteiger partial charge is 0.189 e. The van der Waals surface area contributed by atoms with Crippen LogP contribution in [0.5, 0.6) is 0 Å². The van der Waals surface area contributed by atoms with Gasteiger partial charge in [0.05, 0.1) is 12.0 Å². The molecule has 0 unspecified atom stereocenters. The van der Waals surface area contributed by atoms with Crippen LogP contribution in [0.3, 0.4) is 0 Å². The normalized spacial score (nSPS) is 14.6. The molecule has 5 nitrogen and oxygen atoms in total. The van der Waals surface area contributed by atoms with E-state index in [4.69, 9.17) is 23.2 Å². The number of hydrogen-bond donors (Lipinski definition) is 1. The molecule has 0 amide bonds. The molecule has 0 aromatic carbocycles. The van der Waals surface area contributed by atoms with Crippen molar-refractivity contribution in [3.8, 4) is 0 Å². The summed E-state index contributed by atoms with van der Waals surface area (Å²) in [7, 11) is 0. The van der Waals surface area contributed by atoms with Crippen LogP contribution in [0.15, 0.2) is 5.16 Å². The predicted octanol–water partition coefficient (Wildman–Crippen LogP) is 3.15. The van der Waals surface area contributed by atoms with Crippen LogP contribution in [0.2, 0.25) is 10.3 Å². The summed E-state index contributed by atoms with van der Waals surface area (Å²) in [5, 5.41) is 9.81. The van der Waals surface area contributed by atoms with E-state index in [9.17, 15) is 9.50 Å². The van der Waals surface area contributed by atoms with E-state index < -0.39 is 5.82 Å². The second kappa shape index (κ2) is 6.31. The van der Waals surface area contributed by atoms with Crippen LogP contribution < -0.4 is 4.90 Å². The molecule has 0 aliphatic heterocycles. The summed E-state index contributed by atoms with van der Waals surface area (Å²) in [6.07, 6.45) is 3.81. The molecule has 0 atom stereocenters. The fraction of sp³-hybridized carbons (Fsp3) is 0.462. The average Bonchev–Trinajstić information content (AvgIpc) is 3.33. The SMILES string of the molecule is CSc1nc(N(CCO)C2CC2)c2c(Cl)nc(Cl)c(F)c2n1. The molecular weight excluding hydrogens is 350 g/mol. The Morgan fingerprint density at radius 2 is 2.00 bits per heavy atom. The number of halogens is 3. The summed E-state index contributed by atoms with van der Waals surface area (Å²) in [6, 6.07) is 0.273. The molecule has 9 heteroatoms. The molecule has 1 fully saturated rings. The minimum absolute atomic E-state index is 0.0300. The number of hydrogen-bond acceptors (Lipinski definition) is 6. The van der Waals surface area contributed by atoms with Crippen molar-refractivity contribution >= 4 is 51.7 Å². The number of aliphatic hydroxyl groups excluding tert-OH is 1. The third-order valence-electron chi connectivity index (χ3n) is 3.44. The van der Waals surface area contributed by atoms with Crippen molar-refractivity contribution in [2.24, 2.45) is 0 Å². The first-order chi connectivity index (χ1) is 10.6. The van der Waals surface area contributed by atoms with Gasteiger partial charge in [0.15, 0.2) is 16.1 Å². The summed E-state index contributed by atoms with van der Waals surface area (Å²) in [4.78, 5) is 14.4. The van der Waals surface area contributed by atoms with Gasteiger partial charge in [0.2, 0.25) is 0 Å². The second-order valence-corrected chi connectivity index (χ2v) is 6.40. The Labute approximate surface area is 140 Å². The van der Waals surface area contributed by atoms with E-state index in [1.165, 1.54) is 11.8 Å². The quantitative estimate of drug-likeness (QED) is 0.500. The van der Waals surface area contributed by atoms with Gasteiger partial charge in [-0.3, -0.25) is 0 Å². The number of aliphatic hydroxyl groups is 1. The average molecular weight is 363 g/mol. The van der Waals surface area contributed by atoms with Crippen LogP contribution in [0.25, 0.3) is 10.9 Å². The Morgan fingerprint density at radius 1 is 1.27 bits per heavy atom. The Bertz CT molecular complexity index is 729. The molecule has 0 spiro atoms. The molecule has 118 valence electrons. The third-order valence-corrected chi connectivity index (χ3v) is 4.52. The maximum atomic E-state index is 14.3. The highest BCUT2D eigenvalue weighted by molar-refractivity contribution is 7.98. The number of thioether (sulfide) groups is 1. The Hall–Kier alpha value is -0.890. The van der Waals surface area contributed by atoms with Gasteiger partial charge >= 0.3 is 0 Å². The molecule has 1 N–H and O–H groups in total. The van der Waals surface area contributed by atoms with Crippen molar-refractivity contribution in [2.75, 3.05) is 24.3 Å². The topological polar surface area (TPSA) is 62.1 Å². The predicted molar refractivity (Wildman–Crippen MR) is 86.5 cm³/mol. The first-order valence-electron chi connectivity index (χ1n) is 6.70. The highest BCUT2D eigenvalue weighted by Crippen LogP contribution is 2.38. The Balaban J connectivity index is 2.29. The third kappa shape index (κ3) is 2.82. The lowest BCUT2D eigenvalue weighted by Crippen LogP contribution is -2.30. The zero-order valence-electron chi connectivity index (χ0n) is 11.7. The lowest BCUT2D eigenvalue weighted by Gasteiger charge is -2.24. The lowest BCUT2D eigenvalue weighted by atomic mass is 10.2. The van der Waals surface area contributed by atoms with Crippen LogP contribution in [0, 0.1) is 5.82 Å². The molecule has 1 aliphatic carbocycles. The van der Waals surface area contributed by atoms with E-state index in [2.05, 4.69) is 15.0 Å². The number of nitrogens with zero attached hydrogens (tertiary/aromatic N) is 4. The first-order valence-corrected chi connectivity index (χ1v) is 8.68. The fourth-order valence-electron chi connectivity index (χ4n) is 2.32. The van der Waals surface area contributed by atoms with Gasteiger partial charge < -0.3 is 10.0 Å². The van der Waals surface area contributed by atoms with Gasteiger partial charge in [0.25, 0.3) is 0 Å². The molecule has 3 rings (SSSR count). The van der Waals surface area contributed by atoms with Gasteiger partial charge in [0, 0.05) is 12.6 Å². The Morgan fingerprint density at radius 3 is 2.59 bits per heavy atom. The maximum absolute atomic E-state index is 14.3. The van der Waals surface area contributed by atoms with Gasteiger partial charge in [-0.2, -0.15) is 0 Å². The largest absolute Gasteiger partial charge is 0.395 e. The van der Waals surface area contributed by atoms with Crippen molar-refractivity contribution in [1.29, 1.82) is 0 Å². The van der Waals surface area contributed by atoms with E-state index in [0.29, 0.717) is 22.9 Å². The van der Waals surface area contributed by atoms with Crippen LogP contribution in [0.4, 0.5) is 10.2 Å². The van der Waals surface area contributed by atoms with Crippen molar-refractivity contribution in [3.63, 3.8) is 0 Å². The molecule has 2 aromatic heterocycles. The molecule has 0 bridgehead atoms. The molecule has 1 aliphatic rings. The number of fused-ring (bicyclic) bond motifs is 1. The lowest BCUT2D eigenvalue weighted by molar-refractivity contribution is 0.301. The van der Waals surface area contributed by atoms with E-state index in [0.717, 1.165) is 12.8 Å². The first kappa shape index (κ1) is 16.0. The van der Waals surface area contributed by atoms with Crippen LogP contribution in [0.1, 0.15) is 12.8 Å². The van der Waals surface area contributed by atoms with E-state index in [-0.39, 0.29) is 28.5 Å². The van der Waals surface area contributed by atoms with Crippen molar-refractivity contribution in [1.82, 2.24) is 15.0 Å². The van der Waals surface area contributed by atoms with Crippen LogP contribution >= 0.6 is 35.0 Å². The zero-order chi connectivity index (χ0) is 15.9.